The van der Waals surface area contributed by atoms with Crippen molar-refractivity contribution in [2.24, 2.45) is 0 Å². The Hall–Kier alpha value is -1.79. The van der Waals surface area contributed by atoms with E-state index in [0.717, 1.165) is 0 Å². The molecule has 2 N–H and O–H groups in total. The molecule has 21 heavy (non-hydrogen) atoms. The maximum Gasteiger partial charge on any atom is 0.323 e. The quantitative estimate of drug-likeness (QED) is 0.817. The maximum atomic E-state index is 12.2. The fraction of sp³-hybridized carbons (Fsp3) is 0.308. The highest BCUT2D eigenvalue weighted by atomic mass is 35.5. The van der Waals surface area contributed by atoms with Gasteiger partial charge in [-0.25, -0.2) is 4.79 Å². The summed E-state index contributed by atoms with van der Waals surface area (Å²) in [7, 11) is 0. The lowest BCUT2D eigenvalue weighted by Crippen LogP contribution is -2.60. The molecule has 1 fully saturated rings. The number of rotatable bonds is 2. The minimum absolute atomic E-state index is 0.176. The van der Waals surface area contributed by atoms with Gasteiger partial charge in [0.2, 0.25) is 11.8 Å². The topological polar surface area (TPSA) is 78.5 Å². The van der Waals surface area contributed by atoms with Crippen molar-refractivity contribution in [2.75, 3.05) is 11.9 Å². The highest BCUT2D eigenvalue weighted by Gasteiger charge is 2.35. The second kappa shape index (κ2) is 6.32. The zero-order valence-corrected chi connectivity index (χ0v) is 12.7. The molecule has 1 heterocycles. The summed E-state index contributed by atoms with van der Waals surface area (Å²) < 4.78 is 0. The fourth-order valence-electron chi connectivity index (χ4n) is 2.11. The number of halogens is 2. The van der Waals surface area contributed by atoms with E-state index >= 15 is 0 Å². The zero-order valence-electron chi connectivity index (χ0n) is 11.2. The summed E-state index contributed by atoms with van der Waals surface area (Å²) in [4.78, 5) is 36.6. The van der Waals surface area contributed by atoms with Crippen LogP contribution in [-0.2, 0) is 9.59 Å². The third-order valence-electron chi connectivity index (χ3n) is 3.02. The van der Waals surface area contributed by atoms with Crippen LogP contribution in [0.15, 0.2) is 18.2 Å². The maximum absolute atomic E-state index is 12.2. The van der Waals surface area contributed by atoms with Crippen LogP contribution in [0.3, 0.4) is 0 Å². The van der Waals surface area contributed by atoms with Crippen molar-refractivity contribution in [2.45, 2.75) is 19.4 Å². The predicted molar refractivity (Wildman–Crippen MR) is 79.4 cm³/mol. The minimum atomic E-state index is -0.683. The number of imide groups is 1. The molecule has 0 radical (unpaired) electrons. The average molecular weight is 330 g/mol. The molecule has 1 atom stereocenters. The van der Waals surface area contributed by atoms with Crippen molar-refractivity contribution < 1.29 is 14.4 Å². The van der Waals surface area contributed by atoms with Crippen molar-refractivity contribution >= 4 is 46.7 Å². The molecule has 0 bridgehead atoms. The third-order valence-corrected chi connectivity index (χ3v) is 3.45. The molecule has 0 saturated carbocycles. The van der Waals surface area contributed by atoms with Gasteiger partial charge in [-0.2, -0.15) is 0 Å². The normalized spacial score (nSPS) is 18.4. The van der Waals surface area contributed by atoms with Gasteiger partial charge in [-0.1, -0.05) is 30.1 Å². The fourth-order valence-corrected chi connectivity index (χ4v) is 2.63. The Balaban J connectivity index is 2.17. The van der Waals surface area contributed by atoms with Crippen molar-refractivity contribution in [3.8, 4) is 0 Å². The van der Waals surface area contributed by atoms with E-state index < -0.39 is 23.9 Å². The Bertz CT molecular complexity index is 586. The summed E-state index contributed by atoms with van der Waals surface area (Å²) >= 11 is 11.7. The Morgan fingerprint density at radius 1 is 1.33 bits per heavy atom. The van der Waals surface area contributed by atoms with E-state index in [0.29, 0.717) is 22.2 Å². The number of amides is 4. The highest BCUT2D eigenvalue weighted by molar-refractivity contribution is 6.35. The number of nitrogens with zero attached hydrogens (tertiary/aromatic N) is 1. The van der Waals surface area contributed by atoms with E-state index in [-0.39, 0.29) is 6.54 Å². The summed E-state index contributed by atoms with van der Waals surface area (Å²) in [5.41, 5.74) is 0.394. The molecule has 4 amide bonds. The smallest absolute Gasteiger partial charge is 0.308 e. The van der Waals surface area contributed by atoms with Gasteiger partial charge in [0, 0.05) is 15.7 Å². The summed E-state index contributed by atoms with van der Waals surface area (Å²) in [6, 6.07) is 3.35. The number of nitrogens with one attached hydrogen (secondary N) is 2. The third kappa shape index (κ3) is 3.65. The molecule has 0 aromatic heterocycles. The van der Waals surface area contributed by atoms with E-state index in [9.17, 15) is 14.4 Å². The van der Waals surface area contributed by atoms with Gasteiger partial charge in [0.25, 0.3) is 0 Å². The first-order valence-electron chi connectivity index (χ1n) is 6.28. The summed E-state index contributed by atoms with van der Waals surface area (Å²) in [6.45, 7) is 1.58. The van der Waals surface area contributed by atoms with Gasteiger partial charge >= 0.3 is 6.03 Å². The standard InChI is InChI=1S/C13H13Cl2N3O3/c1-2-10-12(20)17-11(19)6-18(10)13(21)16-9-4-7(14)3-8(15)5-9/h3-5,10H,2,6H2,1H3,(H,16,21)(H,17,19,20). The van der Waals surface area contributed by atoms with E-state index in [1.807, 2.05) is 0 Å². The number of urea groups is 1. The molecule has 0 spiro atoms. The monoisotopic (exact) mass is 329 g/mol. The number of carbonyl (C=O) groups is 3. The predicted octanol–water partition coefficient (Wildman–Crippen LogP) is 2.26. The Labute approximate surface area is 131 Å². The van der Waals surface area contributed by atoms with Crippen molar-refractivity contribution in [1.82, 2.24) is 10.2 Å². The van der Waals surface area contributed by atoms with Gasteiger partial charge in [-0.05, 0) is 24.6 Å². The Morgan fingerprint density at radius 3 is 2.52 bits per heavy atom. The Morgan fingerprint density at radius 2 is 1.95 bits per heavy atom. The average Bonchev–Trinajstić information content (AvgIpc) is 2.36. The number of hydrogen-bond donors (Lipinski definition) is 2. The Kier molecular flexibility index (Phi) is 4.69. The van der Waals surface area contributed by atoms with Gasteiger partial charge in [0.05, 0.1) is 0 Å². The van der Waals surface area contributed by atoms with Crippen LogP contribution in [0.1, 0.15) is 13.3 Å². The van der Waals surface area contributed by atoms with E-state index in [1.165, 1.54) is 23.1 Å². The highest BCUT2D eigenvalue weighted by Crippen LogP contribution is 2.23. The number of carbonyl (C=O) groups excluding carboxylic acids is 3. The second-order valence-corrected chi connectivity index (χ2v) is 5.43. The summed E-state index contributed by atoms with van der Waals surface area (Å²) in [6.07, 6.45) is 0.406. The van der Waals surface area contributed by atoms with Crippen LogP contribution in [0.4, 0.5) is 10.5 Å². The lowest BCUT2D eigenvalue weighted by atomic mass is 10.1. The van der Waals surface area contributed by atoms with Crippen molar-refractivity contribution in [1.29, 1.82) is 0 Å². The summed E-state index contributed by atoms with van der Waals surface area (Å²) in [5, 5.41) is 5.54. The van der Waals surface area contributed by atoms with Crippen LogP contribution < -0.4 is 10.6 Å². The minimum Gasteiger partial charge on any atom is -0.308 e. The van der Waals surface area contributed by atoms with Crippen molar-refractivity contribution in [3.05, 3.63) is 28.2 Å². The molecular formula is C13H13Cl2N3O3. The van der Waals surface area contributed by atoms with Crippen LogP contribution in [0.25, 0.3) is 0 Å². The van der Waals surface area contributed by atoms with Gasteiger partial charge < -0.3 is 10.2 Å². The van der Waals surface area contributed by atoms with Crippen LogP contribution in [0.2, 0.25) is 10.0 Å². The van der Waals surface area contributed by atoms with Gasteiger partial charge in [-0.3, -0.25) is 14.9 Å². The molecule has 1 aliphatic heterocycles. The van der Waals surface area contributed by atoms with E-state index in [4.69, 9.17) is 23.2 Å². The van der Waals surface area contributed by atoms with Crippen LogP contribution in [0.5, 0.6) is 0 Å². The lowest BCUT2D eigenvalue weighted by molar-refractivity contribution is -0.138. The molecule has 2 rings (SSSR count). The van der Waals surface area contributed by atoms with Crippen LogP contribution in [0, 0.1) is 0 Å². The first kappa shape index (κ1) is 15.6. The number of hydrogen-bond acceptors (Lipinski definition) is 3. The van der Waals surface area contributed by atoms with Gasteiger partial charge in [-0.15, -0.1) is 0 Å². The number of piperazine rings is 1. The molecular weight excluding hydrogens is 317 g/mol. The molecule has 6 nitrogen and oxygen atoms in total. The lowest BCUT2D eigenvalue weighted by Gasteiger charge is -2.33. The first-order chi connectivity index (χ1) is 9.90. The molecule has 0 aliphatic carbocycles. The largest absolute Gasteiger partial charge is 0.323 e. The number of benzene rings is 1. The van der Waals surface area contributed by atoms with Crippen LogP contribution in [-0.4, -0.2) is 35.3 Å². The summed E-state index contributed by atoms with van der Waals surface area (Å²) in [5.74, 6) is -0.989. The molecule has 1 aromatic rings. The van der Waals surface area contributed by atoms with Gasteiger partial charge in [0.15, 0.2) is 0 Å². The van der Waals surface area contributed by atoms with E-state index in [2.05, 4.69) is 10.6 Å². The second-order valence-electron chi connectivity index (χ2n) is 4.55. The molecule has 1 unspecified atom stereocenters. The molecule has 1 saturated heterocycles. The van der Waals surface area contributed by atoms with Crippen LogP contribution >= 0.6 is 23.2 Å². The first-order valence-corrected chi connectivity index (χ1v) is 7.03. The van der Waals surface area contributed by atoms with Crippen molar-refractivity contribution in [3.63, 3.8) is 0 Å². The molecule has 1 aromatic carbocycles. The number of anilines is 1. The zero-order chi connectivity index (χ0) is 15.6. The SMILES string of the molecule is CCC1C(=O)NC(=O)CN1C(=O)Nc1cc(Cl)cc(Cl)c1. The molecule has 112 valence electrons. The van der Waals surface area contributed by atoms with Gasteiger partial charge in [0.1, 0.15) is 12.6 Å². The van der Waals surface area contributed by atoms with E-state index in [1.54, 1.807) is 6.92 Å². The molecule has 8 heteroatoms. The molecule has 1 aliphatic rings.